The number of hydrogen-bond acceptors (Lipinski definition) is 7. The second-order valence-electron chi connectivity index (χ2n) is 7.50. The Hall–Kier alpha value is -4.46. The number of esters is 1. The average Bonchev–Trinajstić information content (AvgIpc) is 3.28. The van der Waals surface area contributed by atoms with Gasteiger partial charge in [-0.25, -0.2) is 14.8 Å². The van der Waals surface area contributed by atoms with E-state index in [0.29, 0.717) is 41.7 Å². The molecule has 0 saturated heterocycles. The molecule has 34 heavy (non-hydrogen) atoms. The largest absolute Gasteiger partial charge is 0.465 e. The van der Waals surface area contributed by atoms with Crippen molar-refractivity contribution >= 4 is 23.5 Å². The smallest absolute Gasteiger partial charge is 0.338 e. The quantitative estimate of drug-likeness (QED) is 0.363. The van der Waals surface area contributed by atoms with Crippen LogP contribution in [0.4, 0.5) is 11.6 Å². The summed E-state index contributed by atoms with van der Waals surface area (Å²) in [5.74, 6) is 1.30. The van der Waals surface area contributed by atoms with Crippen molar-refractivity contribution in [1.29, 1.82) is 0 Å². The molecular weight excluding hydrogens is 432 g/mol. The molecule has 0 radical (unpaired) electrons. The molecule has 0 fully saturated rings. The lowest BCUT2D eigenvalue weighted by atomic mass is 10.1. The van der Waals surface area contributed by atoms with Crippen molar-refractivity contribution in [3.05, 3.63) is 95.7 Å². The van der Waals surface area contributed by atoms with Gasteiger partial charge in [-0.15, -0.1) is 0 Å². The minimum Gasteiger partial charge on any atom is -0.465 e. The standard InChI is InChI=1S/C26H24N4O4/c1-3-33-25(32)20-8-4-6-18(12-20)21-14-28-26(29-15-21)30-22-9-5-7-19(13-22)24(31)27-16-23-11-10-17(2)34-23/h4-15H,3,16H2,1-2H3,(H,27,31)(H,28,29,30). The van der Waals surface area contributed by atoms with E-state index in [1.165, 1.54) is 0 Å². The summed E-state index contributed by atoms with van der Waals surface area (Å²) < 4.78 is 10.5. The number of benzene rings is 2. The van der Waals surface area contributed by atoms with Crippen molar-refractivity contribution in [1.82, 2.24) is 15.3 Å². The van der Waals surface area contributed by atoms with Crippen molar-refractivity contribution in [3.8, 4) is 11.1 Å². The van der Waals surface area contributed by atoms with Gasteiger partial charge in [-0.05, 0) is 61.9 Å². The Bertz CT molecular complexity index is 1300. The summed E-state index contributed by atoms with van der Waals surface area (Å²) in [6.45, 7) is 4.26. The number of nitrogens with one attached hydrogen (secondary N) is 2. The number of rotatable bonds is 8. The lowest BCUT2D eigenvalue weighted by Gasteiger charge is -2.09. The topological polar surface area (TPSA) is 106 Å². The van der Waals surface area contributed by atoms with Crippen LogP contribution in [0.2, 0.25) is 0 Å². The highest BCUT2D eigenvalue weighted by atomic mass is 16.5. The van der Waals surface area contributed by atoms with E-state index < -0.39 is 0 Å². The molecule has 4 aromatic rings. The third kappa shape index (κ3) is 5.66. The van der Waals surface area contributed by atoms with Gasteiger partial charge in [-0.1, -0.05) is 18.2 Å². The van der Waals surface area contributed by atoms with Gasteiger partial charge in [-0.3, -0.25) is 4.79 Å². The maximum atomic E-state index is 12.5. The summed E-state index contributed by atoms with van der Waals surface area (Å²) in [5.41, 5.74) is 3.22. The SMILES string of the molecule is CCOC(=O)c1cccc(-c2cnc(Nc3cccc(C(=O)NCc4ccc(C)o4)c3)nc2)c1. The lowest BCUT2D eigenvalue weighted by Crippen LogP contribution is -2.22. The molecule has 0 bridgehead atoms. The molecule has 0 unspecified atom stereocenters. The van der Waals surface area contributed by atoms with Crippen LogP contribution in [0.15, 0.2) is 77.5 Å². The Kier molecular flexibility index (Phi) is 6.98. The van der Waals surface area contributed by atoms with Crippen LogP contribution in [0.3, 0.4) is 0 Å². The molecule has 0 aliphatic carbocycles. The number of carbonyl (C=O) groups is 2. The molecular formula is C26H24N4O4. The fourth-order valence-electron chi connectivity index (χ4n) is 3.30. The van der Waals surface area contributed by atoms with Crippen LogP contribution >= 0.6 is 0 Å². The monoisotopic (exact) mass is 456 g/mol. The van der Waals surface area contributed by atoms with E-state index in [-0.39, 0.29) is 11.9 Å². The van der Waals surface area contributed by atoms with E-state index in [0.717, 1.165) is 16.9 Å². The average molecular weight is 457 g/mol. The summed E-state index contributed by atoms with van der Waals surface area (Å²) in [4.78, 5) is 33.2. The van der Waals surface area contributed by atoms with E-state index in [1.54, 1.807) is 55.7 Å². The molecule has 8 nitrogen and oxygen atoms in total. The maximum Gasteiger partial charge on any atom is 0.338 e. The van der Waals surface area contributed by atoms with Gasteiger partial charge in [0.1, 0.15) is 11.5 Å². The first-order chi connectivity index (χ1) is 16.5. The molecule has 0 spiro atoms. The molecule has 0 aliphatic rings. The Labute approximate surface area is 197 Å². The first-order valence-electron chi connectivity index (χ1n) is 10.8. The van der Waals surface area contributed by atoms with Gasteiger partial charge >= 0.3 is 5.97 Å². The van der Waals surface area contributed by atoms with Crippen LogP contribution in [0.5, 0.6) is 0 Å². The summed E-state index contributed by atoms with van der Waals surface area (Å²) in [5, 5.41) is 5.95. The van der Waals surface area contributed by atoms with Crippen molar-refractivity contribution in [3.63, 3.8) is 0 Å². The van der Waals surface area contributed by atoms with Crippen LogP contribution in [0, 0.1) is 6.92 Å². The zero-order valence-corrected chi connectivity index (χ0v) is 18.9. The number of amides is 1. The van der Waals surface area contributed by atoms with Gasteiger partial charge in [0, 0.05) is 29.2 Å². The molecule has 8 heteroatoms. The van der Waals surface area contributed by atoms with E-state index >= 15 is 0 Å². The zero-order valence-electron chi connectivity index (χ0n) is 18.9. The second-order valence-corrected chi connectivity index (χ2v) is 7.50. The molecule has 1 amide bonds. The van der Waals surface area contributed by atoms with Gasteiger partial charge in [0.15, 0.2) is 0 Å². The van der Waals surface area contributed by atoms with Crippen LogP contribution in [-0.4, -0.2) is 28.5 Å². The van der Waals surface area contributed by atoms with Gasteiger partial charge in [-0.2, -0.15) is 0 Å². The van der Waals surface area contributed by atoms with Crippen molar-refractivity contribution in [2.24, 2.45) is 0 Å². The minimum atomic E-state index is -0.369. The van der Waals surface area contributed by atoms with E-state index in [2.05, 4.69) is 20.6 Å². The molecule has 0 saturated carbocycles. The molecule has 2 heterocycles. The number of aromatic nitrogens is 2. The third-order valence-corrected chi connectivity index (χ3v) is 4.96. The number of aryl methyl sites for hydroxylation is 1. The number of carbonyl (C=O) groups excluding carboxylic acids is 2. The van der Waals surface area contributed by atoms with Gasteiger partial charge in [0.25, 0.3) is 5.91 Å². The fraction of sp³-hybridized carbons (Fsp3) is 0.154. The Morgan fingerprint density at radius 3 is 2.44 bits per heavy atom. The van der Waals surface area contributed by atoms with Crippen LogP contribution < -0.4 is 10.6 Å². The second kappa shape index (κ2) is 10.4. The van der Waals surface area contributed by atoms with E-state index in [4.69, 9.17) is 9.15 Å². The molecule has 2 aromatic carbocycles. The number of furan rings is 1. The van der Waals surface area contributed by atoms with Crippen molar-refractivity contribution in [2.45, 2.75) is 20.4 Å². The third-order valence-electron chi connectivity index (χ3n) is 4.96. The van der Waals surface area contributed by atoms with E-state index in [9.17, 15) is 9.59 Å². The van der Waals surface area contributed by atoms with Crippen molar-refractivity contribution < 1.29 is 18.7 Å². The maximum absolute atomic E-state index is 12.5. The molecule has 0 aliphatic heterocycles. The lowest BCUT2D eigenvalue weighted by molar-refractivity contribution is 0.0526. The first-order valence-corrected chi connectivity index (χ1v) is 10.8. The molecule has 172 valence electrons. The number of hydrogen-bond donors (Lipinski definition) is 2. The molecule has 2 N–H and O–H groups in total. The normalized spacial score (nSPS) is 10.5. The highest BCUT2D eigenvalue weighted by Gasteiger charge is 2.10. The zero-order chi connectivity index (χ0) is 23.9. The van der Waals surface area contributed by atoms with Gasteiger partial charge in [0.2, 0.25) is 5.95 Å². The van der Waals surface area contributed by atoms with E-state index in [1.807, 2.05) is 31.2 Å². The Morgan fingerprint density at radius 1 is 0.941 bits per heavy atom. The van der Waals surface area contributed by atoms with Crippen LogP contribution in [-0.2, 0) is 11.3 Å². The number of nitrogens with zero attached hydrogens (tertiary/aromatic N) is 2. The highest BCUT2D eigenvalue weighted by molar-refractivity contribution is 5.95. The predicted molar refractivity (Wildman–Crippen MR) is 128 cm³/mol. The van der Waals surface area contributed by atoms with Gasteiger partial charge < -0.3 is 19.8 Å². The Morgan fingerprint density at radius 2 is 1.71 bits per heavy atom. The highest BCUT2D eigenvalue weighted by Crippen LogP contribution is 2.21. The van der Waals surface area contributed by atoms with Crippen molar-refractivity contribution in [2.75, 3.05) is 11.9 Å². The Balaban J connectivity index is 1.41. The predicted octanol–water partition coefficient (Wildman–Crippen LogP) is 4.90. The number of anilines is 2. The first kappa shape index (κ1) is 22.7. The summed E-state index contributed by atoms with van der Waals surface area (Å²) in [6.07, 6.45) is 3.34. The van der Waals surface area contributed by atoms with Crippen LogP contribution in [0.25, 0.3) is 11.1 Å². The molecule has 2 aromatic heterocycles. The van der Waals surface area contributed by atoms with Crippen LogP contribution in [0.1, 0.15) is 39.2 Å². The number of ether oxygens (including phenoxy) is 1. The fourth-order valence-corrected chi connectivity index (χ4v) is 3.30. The molecule has 0 atom stereocenters. The minimum absolute atomic E-state index is 0.213. The summed E-state index contributed by atoms with van der Waals surface area (Å²) >= 11 is 0. The summed E-state index contributed by atoms with van der Waals surface area (Å²) in [7, 11) is 0. The molecule has 4 rings (SSSR count). The van der Waals surface area contributed by atoms with Gasteiger partial charge in [0.05, 0.1) is 18.7 Å². The summed E-state index contributed by atoms with van der Waals surface area (Å²) in [6, 6.07) is 17.9.